The molecule has 0 bridgehead atoms. The second kappa shape index (κ2) is 8.53. The molecule has 1 amide bonds. The van der Waals surface area contributed by atoms with Crippen molar-refractivity contribution in [3.05, 3.63) is 52.8 Å². The Morgan fingerprint density at radius 2 is 2.04 bits per heavy atom. The van der Waals surface area contributed by atoms with Gasteiger partial charge in [0.1, 0.15) is 5.69 Å². The zero-order valence-corrected chi connectivity index (χ0v) is 14.3. The Balaban J connectivity index is 1.96. The van der Waals surface area contributed by atoms with Gasteiger partial charge < -0.3 is 10.6 Å². The molecule has 122 valence electrons. The summed E-state index contributed by atoms with van der Waals surface area (Å²) in [7, 11) is 0. The highest BCUT2D eigenvalue weighted by atomic mass is 35.5. The lowest BCUT2D eigenvalue weighted by Gasteiger charge is -2.10. The molecule has 1 heterocycles. The average molecular weight is 332 g/mol. The normalized spacial score (nSPS) is 10.4. The molecule has 0 saturated carbocycles. The Morgan fingerprint density at radius 3 is 2.74 bits per heavy atom. The molecule has 0 atom stereocenters. The largest absolute Gasteiger partial charge is 0.354 e. The van der Waals surface area contributed by atoms with Gasteiger partial charge in [-0.25, -0.2) is 4.98 Å². The van der Waals surface area contributed by atoms with Gasteiger partial charge >= 0.3 is 0 Å². The van der Waals surface area contributed by atoms with Crippen LogP contribution in [0.1, 0.15) is 42.2 Å². The summed E-state index contributed by atoms with van der Waals surface area (Å²) in [6.07, 6.45) is 4.91. The standard InChI is InChI=1S/C18H22ClN3O/c1-3-4-5-10-20-18(23)16-9-8-15(12-21-16)22-17-11-14(19)7-6-13(17)2/h6-9,11-12,22H,3-5,10H2,1-2H3,(H,20,23). The number of carbonyl (C=O) groups is 1. The number of benzene rings is 1. The Morgan fingerprint density at radius 1 is 1.22 bits per heavy atom. The minimum absolute atomic E-state index is 0.133. The molecule has 23 heavy (non-hydrogen) atoms. The van der Waals surface area contributed by atoms with E-state index in [1.54, 1.807) is 12.3 Å². The van der Waals surface area contributed by atoms with Crippen LogP contribution in [0, 0.1) is 6.92 Å². The third-order valence-corrected chi connectivity index (χ3v) is 3.78. The Labute approximate surface area is 142 Å². The first-order valence-corrected chi connectivity index (χ1v) is 8.25. The fourth-order valence-corrected chi connectivity index (χ4v) is 2.33. The molecular formula is C18H22ClN3O. The van der Waals surface area contributed by atoms with Gasteiger partial charge in [-0.05, 0) is 43.2 Å². The molecule has 0 aliphatic carbocycles. The number of pyridine rings is 1. The van der Waals surface area contributed by atoms with Crippen LogP contribution in [0.3, 0.4) is 0 Å². The molecule has 2 aromatic rings. The molecule has 0 radical (unpaired) electrons. The van der Waals surface area contributed by atoms with Crippen LogP contribution >= 0.6 is 11.6 Å². The smallest absolute Gasteiger partial charge is 0.269 e. The van der Waals surface area contributed by atoms with Crippen molar-refractivity contribution in [3.63, 3.8) is 0 Å². The van der Waals surface area contributed by atoms with Gasteiger partial charge in [0, 0.05) is 17.3 Å². The van der Waals surface area contributed by atoms with E-state index in [4.69, 9.17) is 11.6 Å². The van der Waals surface area contributed by atoms with E-state index in [1.807, 2.05) is 31.2 Å². The van der Waals surface area contributed by atoms with Gasteiger partial charge in [0.25, 0.3) is 5.91 Å². The van der Waals surface area contributed by atoms with Crippen molar-refractivity contribution in [2.45, 2.75) is 33.1 Å². The molecule has 0 unspecified atom stereocenters. The SMILES string of the molecule is CCCCCNC(=O)c1ccc(Nc2cc(Cl)ccc2C)cn1. The predicted octanol–water partition coefficient (Wildman–Crippen LogP) is 4.71. The van der Waals surface area contributed by atoms with Crippen LogP contribution in [0.25, 0.3) is 0 Å². The number of hydrogen-bond donors (Lipinski definition) is 2. The lowest BCUT2D eigenvalue weighted by molar-refractivity contribution is 0.0948. The summed E-state index contributed by atoms with van der Waals surface area (Å²) in [5.74, 6) is -0.133. The summed E-state index contributed by atoms with van der Waals surface area (Å²) < 4.78 is 0. The minimum Gasteiger partial charge on any atom is -0.354 e. The zero-order chi connectivity index (χ0) is 16.7. The van der Waals surface area contributed by atoms with E-state index >= 15 is 0 Å². The second-order valence-electron chi connectivity index (χ2n) is 5.48. The lowest BCUT2D eigenvalue weighted by Crippen LogP contribution is -2.25. The van der Waals surface area contributed by atoms with Crippen LogP contribution in [0.5, 0.6) is 0 Å². The number of aryl methyl sites for hydroxylation is 1. The number of nitrogens with zero attached hydrogens (tertiary/aromatic N) is 1. The number of halogens is 1. The molecule has 2 N–H and O–H groups in total. The zero-order valence-electron chi connectivity index (χ0n) is 13.5. The van der Waals surface area contributed by atoms with Crippen LogP contribution in [0.2, 0.25) is 5.02 Å². The number of hydrogen-bond acceptors (Lipinski definition) is 3. The molecule has 0 aliphatic heterocycles. The van der Waals surface area contributed by atoms with Crippen LogP contribution in [0.15, 0.2) is 36.5 Å². The van der Waals surface area contributed by atoms with E-state index in [9.17, 15) is 4.79 Å². The number of rotatable bonds is 7. The van der Waals surface area contributed by atoms with E-state index in [-0.39, 0.29) is 5.91 Å². The molecule has 2 rings (SSSR count). The molecule has 0 spiro atoms. The fraction of sp³-hybridized carbons (Fsp3) is 0.333. The lowest BCUT2D eigenvalue weighted by atomic mass is 10.2. The summed E-state index contributed by atoms with van der Waals surface area (Å²) in [5.41, 5.74) is 3.26. The van der Waals surface area contributed by atoms with Crippen LogP contribution in [-0.2, 0) is 0 Å². The van der Waals surface area contributed by atoms with E-state index in [0.29, 0.717) is 17.3 Å². The van der Waals surface area contributed by atoms with E-state index in [1.165, 1.54) is 0 Å². The molecule has 1 aromatic heterocycles. The molecule has 0 saturated heterocycles. The van der Waals surface area contributed by atoms with E-state index in [0.717, 1.165) is 36.2 Å². The number of aromatic nitrogens is 1. The fourth-order valence-electron chi connectivity index (χ4n) is 2.15. The highest BCUT2D eigenvalue weighted by molar-refractivity contribution is 6.30. The highest BCUT2D eigenvalue weighted by Gasteiger charge is 2.07. The number of nitrogens with one attached hydrogen (secondary N) is 2. The van der Waals surface area contributed by atoms with Gasteiger partial charge in [-0.2, -0.15) is 0 Å². The van der Waals surface area contributed by atoms with Crippen molar-refractivity contribution in [2.24, 2.45) is 0 Å². The van der Waals surface area contributed by atoms with Crippen LogP contribution in [0.4, 0.5) is 11.4 Å². The van der Waals surface area contributed by atoms with Crippen LogP contribution in [-0.4, -0.2) is 17.4 Å². The number of amides is 1. The van der Waals surface area contributed by atoms with Gasteiger partial charge in [-0.3, -0.25) is 4.79 Å². The molecular weight excluding hydrogens is 310 g/mol. The van der Waals surface area contributed by atoms with Crippen molar-refractivity contribution >= 4 is 28.9 Å². The number of carbonyl (C=O) groups excluding carboxylic acids is 1. The quantitative estimate of drug-likeness (QED) is 0.722. The van der Waals surface area contributed by atoms with Crippen LogP contribution < -0.4 is 10.6 Å². The third-order valence-electron chi connectivity index (χ3n) is 3.54. The number of anilines is 2. The van der Waals surface area contributed by atoms with Crippen molar-refractivity contribution in [1.82, 2.24) is 10.3 Å². The van der Waals surface area contributed by atoms with Gasteiger partial charge in [-0.1, -0.05) is 37.4 Å². The molecule has 4 nitrogen and oxygen atoms in total. The summed E-state index contributed by atoms with van der Waals surface area (Å²) in [5, 5.41) is 6.82. The highest BCUT2D eigenvalue weighted by Crippen LogP contribution is 2.23. The Bertz CT molecular complexity index is 656. The Kier molecular flexibility index (Phi) is 6.41. The minimum atomic E-state index is -0.133. The second-order valence-corrected chi connectivity index (χ2v) is 5.92. The monoisotopic (exact) mass is 331 g/mol. The van der Waals surface area contributed by atoms with Crippen molar-refractivity contribution in [2.75, 3.05) is 11.9 Å². The summed E-state index contributed by atoms with van der Waals surface area (Å²) in [6, 6.07) is 9.24. The van der Waals surface area contributed by atoms with Gasteiger partial charge in [-0.15, -0.1) is 0 Å². The summed E-state index contributed by atoms with van der Waals surface area (Å²) >= 11 is 6.01. The van der Waals surface area contributed by atoms with Crippen molar-refractivity contribution < 1.29 is 4.79 Å². The van der Waals surface area contributed by atoms with Gasteiger partial charge in [0.2, 0.25) is 0 Å². The summed E-state index contributed by atoms with van der Waals surface area (Å²) in [4.78, 5) is 16.2. The molecule has 0 fully saturated rings. The topological polar surface area (TPSA) is 54.0 Å². The first-order chi connectivity index (χ1) is 11.1. The average Bonchev–Trinajstić information content (AvgIpc) is 2.55. The van der Waals surface area contributed by atoms with E-state index in [2.05, 4.69) is 22.5 Å². The van der Waals surface area contributed by atoms with Gasteiger partial charge in [0.05, 0.1) is 11.9 Å². The van der Waals surface area contributed by atoms with E-state index < -0.39 is 0 Å². The maximum absolute atomic E-state index is 12.0. The molecule has 0 aliphatic rings. The molecule has 1 aromatic carbocycles. The number of unbranched alkanes of at least 4 members (excludes halogenated alkanes) is 2. The Hall–Kier alpha value is -2.07. The summed E-state index contributed by atoms with van der Waals surface area (Å²) in [6.45, 7) is 4.83. The third kappa shape index (κ3) is 5.25. The first-order valence-electron chi connectivity index (χ1n) is 7.87. The molecule has 5 heteroatoms. The van der Waals surface area contributed by atoms with Crippen molar-refractivity contribution in [3.8, 4) is 0 Å². The first kappa shape index (κ1) is 17.3. The van der Waals surface area contributed by atoms with Crippen molar-refractivity contribution in [1.29, 1.82) is 0 Å². The maximum Gasteiger partial charge on any atom is 0.269 e. The van der Waals surface area contributed by atoms with Gasteiger partial charge in [0.15, 0.2) is 0 Å². The predicted molar refractivity (Wildman–Crippen MR) is 95.6 cm³/mol. The maximum atomic E-state index is 12.0.